The molecular weight excluding hydrogens is 181 g/mol. The van der Waals surface area contributed by atoms with E-state index in [4.69, 9.17) is 10.00 Å². The van der Waals surface area contributed by atoms with E-state index in [9.17, 15) is 4.39 Å². The molecule has 3 heteroatoms. The summed E-state index contributed by atoms with van der Waals surface area (Å²) >= 11 is 0. The Morgan fingerprint density at radius 3 is 2.50 bits per heavy atom. The van der Waals surface area contributed by atoms with E-state index in [1.165, 1.54) is 19.2 Å². The van der Waals surface area contributed by atoms with Crippen LogP contribution in [0.5, 0.6) is 0 Å². The quantitative estimate of drug-likeness (QED) is 0.727. The third kappa shape index (κ3) is 4.01. The molecule has 0 aliphatic carbocycles. The lowest BCUT2D eigenvalue weighted by atomic mass is 10.1. The molecule has 1 aromatic rings. The van der Waals surface area contributed by atoms with E-state index in [1.807, 2.05) is 19.9 Å². The van der Waals surface area contributed by atoms with Crippen molar-refractivity contribution in [2.75, 3.05) is 7.11 Å². The molecule has 0 fully saturated rings. The van der Waals surface area contributed by atoms with Crippen molar-refractivity contribution in [3.63, 3.8) is 0 Å². The third-order valence-electron chi connectivity index (χ3n) is 1.40. The van der Waals surface area contributed by atoms with Gasteiger partial charge in [0.1, 0.15) is 5.82 Å². The largest absolute Gasteiger partial charge is 0.380 e. The van der Waals surface area contributed by atoms with Gasteiger partial charge in [0, 0.05) is 7.11 Å². The zero-order valence-corrected chi connectivity index (χ0v) is 8.67. The number of hydrogen-bond acceptors (Lipinski definition) is 2. The van der Waals surface area contributed by atoms with Crippen molar-refractivity contribution < 1.29 is 9.13 Å². The Kier molecular flexibility index (Phi) is 6.34. The van der Waals surface area contributed by atoms with E-state index in [0.717, 1.165) is 0 Å². The number of nitrogens with zero attached hydrogens (tertiary/aromatic N) is 1. The van der Waals surface area contributed by atoms with Gasteiger partial charge in [-0.2, -0.15) is 5.26 Å². The summed E-state index contributed by atoms with van der Waals surface area (Å²) < 4.78 is 17.5. The lowest BCUT2D eigenvalue weighted by Gasteiger charge is -1.99. The Labute approximate surface area is 83.9 Å². The molecule has 0 aliphatic heterocycles. The second kappa shape index (κ2) is 7.05. The highest BCUT2D eigenvalue weighted by molar-refractivity contribution is 5.33. The van der Waals surface area contributed by atoms with Crippen molar-refractivity contribution in [2.24, 2.45) is 0 Å². The molecule has 1 rings (SSSR count). The average molecular weight is 195 g/mol. The SMILES string of the molecule is CC.COCc1cc(F)cc(C#N)c1. The van der Waals surface area contributed by atoms with Gasteiger partial charge in [-0.3, -0.25) is 0 Å². The lowest BCUT2D eigenvalue weighted by Crippen LogP contribution is -1.90. The van der Waals surface area contributed by atoms with Crippen LogP contribution in [0.4, 0.5) is 4.39 Å². The highest BCUT2D eigenvalue weighted by Crippen LogP contribution is 2.08. The molecule has 1 aromatic carbocycles. The van der Waals surface area contributed by atoms with Gasteiger partial charge >= 0.3 is 0 Å². The molecule has 0 heterocycles. The van der Waals surface area contributed by atoms with Crippen molar-refractivity contribution in [3.8, 4) is 6.07 Å². The molecule has 0 radical (unpaired) electrons. The fraction of sp³-hybridized carbons (Fsp3) is 0.364. The maximum absolute atomic E-state index is 12.7. The Morgan fingerprint density at radius 2 is 2.00 bits per heavy atom. The van der Waals surface area contributed by atoms with Crippen LogP contribution in [0.15, 0.2) is 18.2 Å². The summed E-state index contributed by atoms with van der Waals surface area (Å²) in [6.45, 7) is 4.33. The van der Waals surface area contributed by atoms with Crippen molar-refractivity contribution in [1.29, 1.82) is 5.26 Å². The number of methoxy groups -OCH3 is 1. The molecule has 0 unspecified atom stereocenters. The zero-order valence-electron chi connectivity index (χ0n) is 8.67. The maximum Gasteiger partial charge on any atom is 0.124 e. The van der Waals surface area contributed by atoms with Gasteiger partial charge in [-0.1, -0.05) is 13.8 Å². The highest BCUT2D eigenvalue weighted by atomic mass is 19.1. The van der Waals surface area contributed by atoms with Crippen molar-refractivity contribution in [3.05, 3.63) is 35.1 Å². The van der Waals surface area contributed by atoms with Gasteiger partial charge < -0.3 is 4.74 Å². The smallest absolute Gasteiger partial charge is 0.124 e. The molecule has 14 heavy (non-hydrogen) atoms. The number of halogens is 1. The molecule has 0 spiro atoms. The first-order valence-electron chi connectivity index (χ1n) is 4.45. The normalized spacial score (nSPS) is 8.50. The van der Waals surface area contributed by atoms with Crippen LogP contribution in [-0.2, 0) is 11.3 Å². The standard InChI is InChI=1S/C9H8FNO.C2H6/c1-12-6-8-2-7(5-11)3-9(10)4-8;1-2/h2-4H,6H2,1H3;1-2H3. The van der Waals surface area contributed by atoms with Crippen molar-refractivity contribution in [1.82, 2.24) is 0 Å². The van der Waals surface area contributed by atoms with Gasteiger partial charge in [0.15, 0.2) is 0 Å². The number of ether oxygens (including phenoxy) is 1. The van der Waals surface area contributed by atoms with Gasteiger partial charge in [-0.15, -0.1) is 0 Å². The van der Waals surface area contributed by atoms with E-state index in [0.29, 0.717) is 17.7 Å². The topological polar surface area (TPSA) is 33.0 Å². The molecule has 2 nitrogen and oxygen atoms in total. The van der Waals surface area contributed by atoms with Gasteiger partial charge in [0.25, 0.3) is 0 Å². The molecule has 0 aliphatic rings. The Balaban J connectivity index is 0.000000791. The summed E-state index contributed by atoms with van der Waals surface area (Å²) in [5, 5.41) is 8.50. The molecular formula is C11H14FNO. The second-order valence-electron chi connectivity index (χ2n) is 2.39. The van der Waals surface area contributed by atoms with E-state index >= 15 is 0 Å². The predicted octanol–water partition coefficient (Wildman–Crippen LogP) is 2.87. The predicted molar refractivity (Wildman–Crippen MR) is 53.2 cm³/mol. The fourth-order valence-electron chi connectivity index (χ4n) is 0.965. The molecule has 0 saturated heterocycles. The minimum absolute atomic E-state index is 0.321. The van der Waals surface area contributed by atoms with Crippen molar-refractivity contribution in [2.45, 2.75) is 20.5 Å². The first-order chi connectivity index (χ1) is 6.76. The van der Waals surface area contributed by atoms with Crippen LogP contribution in [-0.4, -0.2) is 7.11 Å². The highest BCUT2D eigenvalue weighted by Gasteiger charge is 1.99. The second-order valence-corrected chi connectivity index (χ2v) is 2.39. The van der Waals surface area contributed by atoms with Crippen LogP contribution < -0.4 is 0 Å². The number of hydrogen-bond donors (Lipinski definition) is 0. The molecule has 0 N–H and O–H groups in total. The first-order valence-corrected chi connectivity index (χ1v) is 4.45. The van der Waals surface area contributed by atoms with Crippen LogP contribution in [0.1, 0.15) is 25.0 Å². The Hall–Kier alpha value is -1.40. The molecule has 76 valence electrons. The minimum atomic E-state index is -0.402. The molecule has 0 atom stereocenters. The molecule has 0 amide bonds. The third-order valence-corrected chi connectivity index (χ3v) is 1.40. The average Bonchev–Trinajstić information content (AvgIpc) is 2.20. The van der Waals surface area contributed by atoms with Gasteiger partial charge in [-0.25, -0.2) is 4.39 Å². The Morgan fingerprint density at radius 1 is 1.36 bits per heavy atom. The monoisotopic (exact) mass is 195 g/mol. The van der Waals surface area contributed by atoms with Crippen LogP contribution in [0.2, 0.25) is 0 Å². The van der Waals surface area contributed by atoms with E-state index in [1.54, 1.807) is 6.07 Å². The van der Waals surface area contributed by atoms with Crippen LogP contribution in [0.25, 0.3) is 0 Å². The summed E-state index contributed by atoms with van der Waals surface area (Å²) in [5.41, 5.74) is 0.996. The van der Waals surface area contributed by atoms with Gasteiger partial charge in [-0.05, 0) is 23.8 Å². The fourth-order valence-corrected chi connectivity index (χ4v) is 0.965. The van der Waals surface area contributed by atoms with Crippen LogP contribution >= 0.6 is 0 Å². The van der Waals surface area contributed by atoms with Crippen LogP contribution in [0, 0.1) is 17.1 Å². The number of rotatable bonds is 2. The van der Waals surface area contributed by atoms with Crippen molar-refractivity contribution >= 4 is 0 Å². The van der Waals surface area contributed by atoms with Gasteiger partial charge in [0.2, 0.25) is 0 Å². The summed E-state index contributed by atoms with van der Waals surface area (Å²) in [6, 6.07) is 6.02. The summed E-state index contributed by atoms with van der Waals surface area (Å²) in [4.78, 5) is 0. The maximum atomic E-state index is 12.7. The summed E-state index contributed by atoms with van der Waals surface area (Å²) in [7, 11) is 1.52. The summed E-state index contributed by atoms with van der Waals surface area (Å²) in [5.74, 6) is -0.402. The number of benzene rings is 1. The van der Waals surface area contributed by atoms with E-state index in [-0.39, 0.29) is 0 Å². The lowest BCUT2D eigenvalue weighted by molar-refractivity contribution is 0.184. The summed E-state index contributed by atoms with van der Waals surface area (Å²) in [6.07, 6.45) is 0. The molecule has 0 bridgehead atoms. The Bertz CT molecular complexity index is 318. The molecule has 0 saturated carbocycles. The van der Waals surface area contributed by atoms with Crippen LogP contribution in [0.3, 0.4) is 0 Å². The number of nitriles is 1. The van der Waals surface area contributed by atoms with E-state index in [2.05, 4.69) is 0 Å². The first kappa shape index (κ1) is 12.6. The van der Waals surface area contributed by atoms with Gasteiger partial charge in [0.05, 0.1) is 18.2 Å². The van der Waals surface area contributed by atoms with E-state index < -0.39 is 5.82 Å². The molecule has 0 aromatic heterocycles. The zero-order chi connectivity index (χ0) is 11.0. The minimum Gasteiger partial charge on any atom is -0.380 e.